The molecule has 3 amide bonds. The number of nitrogens with one attached hydrogen (secondary N) is 1. The first-order valence-electron chi connectivity index (χ1n) is 12.0. The number of aromatic nitrogens is 1. The van der Waals surface area contributed by atoms with Crippen LogP contribution >= 0.6 is 0 Å². The van der Waals surface area contributed by atoms with Crippen LogP contribution < -0.4 is 5.32 Å². The number of nitrogens with zero attached hydrogens (tertiary/aromatic N) is 3. The Balaban J connectivity index is 1.30. The third-order valence-electron chi connectivity index (χ3n) is 7.23. The number of carbonyl (C=O) groups is 3. The Hall–Kier alpha value is -3.18. The number of benzene rings is 1. The number of piperidine rings is 2. The van der Waals surface area contributed by atoms with Gasteiger partial charge in [-0.2, -0.15) is 0 Å². The van der Waals surface area contributed by atoms with E-state index >= 15 is 0 Å². The second-order valence-electron chi connectivity index (χ2n) is 9.71. The average molecular weight is 515 g/mol. The number of halogens is 1. The highest BCUT2D eigenvalue weighted by Crippen LogP contribution is 2.38. The molecule has 3 aliphatic rings. The average Bonchev–Trinajstić information content (AvgIpc) is 3.15. The summed E-state index contributed by atoms with van der Waals surface area (Å²) in [7, 11) is -3.38. The molecule has 2 saturated heterocycles. The van der Waals surface area contributed by atoms with Crippen molar-refractivity contribution in [1.82, 2.24) is 20.1 Å². The number of pyridine rings is 1. The molecule has 2 aromatic rings. The van der Waals surface area contributed by atoms with Gasteiger partial charge in [0.15, 0.2) is 14.9 Å². The van der Waals surface area contributed by atoms with E-state index in [0.717, 1.165) is 30.2 Å². The summed E-state index contributed by atoms with van der Waals surface area (Å²) < 4.78 is 38.2. The van der Waals surface area contributed by atoms with Crippen molar-refractivity contribution in [3.8, 4) is 0 Å². The summed E-state index contributed by atoms with van der Waals surface area (Å²) in [6, 6.07) is 6.97. The van der Waals surface area contributed by atoms with E-state index in [0.29, 0.717) is 30.9 Å². The molecule has 1 aromatic carbocycles. The Morgan fingerprint density at radius 3 is 2.56 bits per heavy atom. The summed E-state index contributed by atoms with van der Waals surface area (Å²) in [5.41, 5.74) is 2.52. The van der Waals surface area contributed by atoms with E-state index in [1.165, 1.54) is 23.1 Å². The molecule has 0 spiro atoms. The number of amides is 3. The van der Waals surface area contributed by atoms with Crippen molar-refractivity contribution in [3.63, 3.8) is 0 Å². The predicted octanol–water partition coefficient (Wildman–Crippen LogP) is 1.76. The van der Waals surface area contributed by atoms with Gasteiger partial charge in [-0.1, -0.05) is 6.07 Å². The lowest BCUT2D eigenvalue weighted by atomic mass is 9.85. The zero-order chi connectivity index (χ0) is 25.6. The van der Waals surface area contributed by atoms with E-state index in [9.17, 15) is 27.2 Å². The van der Waals surface area contributed by atoms with E-state index < -0.39 is 27.6 Å². The molecular formula is C25H27FN4O5S. The number of fused-ring (bicyclic) bond motifs is 1. The fourth-order valence-electron chi connectivity index (χ4n) is 5.40. The molecule has 0 saturated carbocycles. The van der Waals surface area contributed by atoms with Crippen molar-refractivity contribution in [1.29, 1.82) is 0 Å². The molecule has 190 valence electrons. The van der Waals surface area contributed by atoms with E-state index in [4.69, 9.17) is 0 Å². The molecule has 11 heteroatoms. The monoisotopic (exact) mass is 514 g/mol. The molecule has 4 heterocycles. The fraction of sp³-hybridized carbons (Fsp3) is 0.440. The van der Waals surface area contributed by atoms with E-state index in [1.807, 2.05) is 0 Å². The van der Waals surface area contributed by atoms with Crippen LogP contribution in [0.25, 0.3) is 0 Å². The molecule has 0 aliphatic carbocycles. The molecule has 1 atom stereocenters. The summed E-state index contributed by atoms with van der Waals surface area (Å²) in [6.07, 6.45) is 3.05. The van der Waals surface area contributed by atoms with Gasteiger partial charge in [0.2, 0.25) is 11.8 Å². The maximum atomic E-state index is 14.6. The number of imide groups is 1. The largest absolute Gasteiger partial charge is 0.322 e. The van der Waals surface area contributed by atoms with Crippen LogP contribution in [0.4, 0.5) is 4.39 Å². The molecule has 1 unspecified atom stereocenters. The molecule has 9 nitrogen and oxygen atoms in total. The van der Waals surface area contributed by atoms with Crippen LogP contribution in [0.5, 0.6) is 0 Å². The minimum absolute atomic E-state index is 0.0513. The minimum atomic E-state index is -3.38. The molecule has 0 bridgehead atoms. The predicted molar refractivity (Wildman–Crippen MR) is 127 cm³/mol. The Bertz CT molecular complexity index is 1350. The minimum Gasteiger partial charge on any atom is -0.322 e. The molecule has 36 heavy (non-hydrogen) atoms. The van der Waals surface area contributed by atoms with Gasteiger partial charge in [0.1, 0.15) is 11.9 Å². The highest BCUT2D eigenvalue weighted by Gasteiger charge is 2.41. The van der Waals surface area contributed by atoms with Gasteiger partial charge in [-0.15, -0.1) is 0 Å². The van der Waals surface area contributed by atoms with Gasteiger partial charge in [-0.3, -0.25) is 24.6 Å². The third-order valence-corrected chi connectivity index (χ3v) is 8.22. The topological polar surface area (TPSA) is 117 Å². The number of sulfone groups is 1. The molecule has 3 aliphatic heterocycles. The van der Waals surface area contributed by atoms with E-state index in [2.05, 4.69) is 15.2 Å². The Morgan fingerprint density at radius 1 is 1.11 bits per heavy atom. The highest BCUT2D eigenvalue weighted by molar-refractivity contribution is 7.90. The number of rotatable bonds is 5. The number of hydrogen-bond acceptors (Lipinski definition) is 7. The lowest BCUT2D eigenvalue weighted by Crippen LogP contribution is -2.52. The smallest absolute Gasteiger partial charge is 0.255 e. The van der Waals surface area contributed by atoms with Gasteiger partial charge in [0.25, 0.3) is 5.91 Å². The first kappa shape index (κ1) is 24.5. The van der Waals surface area contributed by atoms with Crippen LogP contribution in [0.1, 0.15) is 58.8 Å². The summed E-state index contributed by atoms with van der Waals surface area (Å²) in [5, 5.41) is 2.34. The molecule has 2 fully saturated rings. The number of likely N-dealkylation sites (tertiary alicyclic amines) is 1. The standard InChI is InChI=1S/C25H27FN4O5S/c1-36(34,35)23-4-2-3-17(27-23)13-29-9-7-15(8-10-29)18-11-16(26)12-19-20(18)14-30(25(19)33)21-5-6-22(31)28-24(21)32/h2-4,11-12,15,21H,5-10,13-14H2,1H3,(H,28,31,32). The quantitative estimate of drug-likeness (QED) is 0.605. The molecular weight excluding hydrogens is 487 g/mol. The zero-order valence-electron chi connectivity index (χ0n) is 19.9. The normalized spacial score (nSPS) is 21.6. The molecule has 1 aromatic heterocycles. The second kappa shape index (κ2) is 9.36. The zero-order valence-corrected chi connectivity index (χ0v) is 20.7. The van der Waals surface area contributed by atoms with Gasteiger partial charge in [0.05, 0.1) is 5.69 Å². The van der Waals surface area contributed by atoms with Crippen LogP contribution in [0, 0.1) is 5.82 Å². The number of carbonyl (C=O) groups excluding carboxylic acids is 3. The third kappa shape index (κ3) is 4.77. The van der Waals surface area contributed by atoms with Crippen molar-refractivity contribution >= 4 is 27.6 Å². The van der Waals surface area contributed by atoms with E-state index in [-0.39, 0.29) is 42.1 Å². The summed E-state index contributed by atoms with van der Waals surface area (Å²) in [5.74, 6) is -1.65. The molecule has 1 N–H and O–H groups in total. The van der Waals surface area contributed by atoms with Crippen molar-refractivity contribution in [2.75, 3.05) is 19.3 Å². The summed E-state index contributed by atoms with van der Waals surface area (Å²) >= 11 is 0. The molecule has 0 radical (unpaired) electrons. The van der Waals surface area contributed by atoms with Gasteiger partial charge in [-0.05, 0) is 73.7 Å². The Labute approximate surface area is 208 Å². The Kier molecular flexibility index (Phi) is 6.37. The first-order valence-corrected chi connectivity index (χ1v) is 13.8. The van der Waals surface area contributed by atoms with Crippen molar-refractivity contribution < 1.29 is 27.2 Å². The van der Waals surface area contributed by atoms with Crippen LogP contribution in [0.2, 0.25) is 0 Å². The van der Waals surface area contributed by atoms with Crippen molar-refractivity contribution in [3.05, 3.63) is 58.5 Å². The highest BCUT2D eigenvalue weighted by atomic mass is 32.2. The maximum Gasteiger partial charge on any atom is 0.255 e. The lowest BCUT2D eigenvalue weighted by Gasteiger charge is -2.33. The van der Waals surface area contributed by atoms with Gasteiger partial charge in [-0.25, -0.2) is 17.8 Å². The van der Waals surface area contributed by atoms with Crippen molar-refractivity contribution in [2.45, 2.75) is 55.8 Å². The van der Waals surface area contributed by atoms with Crippen LogP contribution in [0.3, 0.4) is 0 Å². The van der Waals surface area contributed by atoms with Crippen molar-refractivity contribution in [2.24, 2.45) is 0 Å². The fourth-order valence-corrected chi connectivity index (χ4v) is 6.01. The van der Waals surface area contributed by atoms with Crippen LogP contribution in [0.15, 0.2) is 35.4 Å². The summed E-state index contributed by atoms with van der Waals surface area (Å²) in [4.78, 5) is 44.9. The molecule has 5 rings (SSSR count). The Morgan fingerprint density at radius 2 is 1.86 bits per heavy atom. The van der Waals surface area contributed by atoms with Gasteiger partial charge >= 0.3 is 0 Å². The first-order chi connectivity index (χ1) is 17.1. The SMILES string of the molecule is CS(=O)(=O)c1cccc(CN2CCC(c3cc(F)cc4c3CN(C3CCC(=O)NC3=O)C4=O)CC2)n1. The van der Waals surface area contributed by atoms with Gasteiger partial charge in [0, 0.05) is 31.3 Å². The van der Waals surface area contributed by atoms with E-state index in [1.54, 1.807) is 12.1 Å². The summed E-state index contributed by atoms with van der Waals surface area (Å²) in [6.45, 7) is 2.16. The maximum absolute atomic E-state index is 14.6. The van der Waals surface area contributed by atoms with Crippen LogP contribution in [-0.2, 0) is 32.5 Å². The lowest BCUT2D eigenvalue weighted by molar-refractivity contribution is -0.136. The second-order valence-corrected chi connectivity index (χ2v) is 11.7. The van der Waals surface area contributed by atoms with Gasteiger partial charge < -0.3 is 4.90 Å². The van der Waals surface area contributed by atoms with Crippen LogP contribution in [-0.4, -0.2) is 66.3 Å². The number of hydrogen-bond donors (Lipinski definition) is 1.